The lowest BCUT2D eigenvalue weighted by Crippen LogP contribution is -2.31. The lowest BCUT2D eigenvalue weighted by Gasteiger charge is -2.27. The number of hydrogen-bond acceptors (Lipinski definition) is 7. The minimum atomic E-state index is -0.398. The van der Waals surface area contributed by atoms with Gasteiger partial charge in [0.2, 0.25) is 5.95 Å². The first-order valence-corrected chi connectivity index (χ1v) is 9.81. The number of anilines is 2. The van der Waals surface area contributed by atoms with E-state index in [4.69, 9.17) is 4.74 Å². The SMILES string of the molecule is CCOc1ccccc1NC(=O)C1=C(C)Nc2nnnn2C1c1sccc1C. The third-order valence-corrected chi connectivity index (χ3v) is 5.62. The molecule has 0 radical (unpaired) electrons. The van der Waals surface area contributed by atoms with Crippen LogP contribution in [0.2, 0.25) is 0 Å². The van der Waals surface area contributed by atoms with E-state index in [-0.39, 0.29) is 5.91 Å². The number of aromatic nitrogens is 4. The Labute approximate surface area is 166 Å². The van der Waals surface area contributed by atoms with E-state index in [9.17, 15) is 4.79 Å². The number of nitrogens with zero attached hydrogens (tertiary/aromatic N) is 4. The van der Waals surface area contributed by atoms with Crippen molar-refractivity contribution < 1.29 is 9.53 Å². The molecular weight excluding hydrogens is 376 g/mol. The molecule has 1 aliphatic rings. The molecule has 1 unspecified atom stereocenters. The quantitative estimate of drug-likeness (QED) is 0.687. The number of carbonyl (C=O) groups is 1. The van der Waals surface area contributed by atoms with Gasteiger partial charge in [0.05, 0.1) is 17.9 Å². The van der Waals surface area contributed by atoms with E-state index in [0.717, 1.165) is 10.4 Å². The van der Waals surface area contributed by atoms with Crippen molar-refractivity contribution in [2.24, 2.45) is 0 Å². The lowest BCUT2D eigenvalue weighted by molar-refractivity contribution is -0.113. The van der Waals surface area contributed by atoms with Crippen LogP contribution in [0.1, 0.15) is 30.3 Å². The maximum Gasteiger partial charge on any atom is 0.256 e. The summed E-state index contributed by atoms with van der Waals surface area (Å²) in [5.41, 5.74) is 2.99. The summed E-state index contributed by atoms with van der Waals surface area (Å²) in [4.78, 5) is 14.4. The smallest absolute Gasteiger partial charge is 0.256 e. The zero-order valence-corrected chi connectivity index (χ0v) is 16.6. The first-order valence-electron chi connectivity index (χ1n) is 8.93. The molecule has 1 aliphatic heterocycles. The number of amides is 1. The number of nitrogens with one attached hydrogen (secondary N) is 2. The molecule has 1 amide bonds. The van der Waals surface area contributed by atoms with E-state index in [2.05, 4.69) is 26.2 Å². The molecule has 144 valence electrons. The van der Waals surface area contributed by atoms with Crippen LogP contribution in [0.15, 0.2) is 47.0 Å². The van der Waals surface area contributed by atoms with Crippen LogP contribution in [-0.4, -0.2) is 32.7 Å². The lowest BCUT2D eigenvalue weighted by atomic mass is 9.98. The monoisotopic (exact) mass is 396 g/mol. The van der Waals surface area contributed by atoms with Crippen LogP contribution in [0.5, 0.6) is 5.75 Å². The Bertz CT molecular complexity index is 1050. The third-order valence-electron chi connectivity index (χ3n) is 4.54. The molecule has 1 aromatic carbocycles. The van der Waals surface area contributed by atoms with Gasteiger partial charge in [-0.15, -0.1) is 11.3 Å². The van der Waals surface area contributed by atoms with E-state index >= 15 is 0 Å². The zero-order chi connectivity index (χ0) is 19.7. The van der Waals surface area contributed by atoms with Gasteiger partial charge < -0.3 is 15.4 Å². The van der Waals surface area contributed by atoms with Crippen LogP contribution in [-0.2, 0) is 4.79 Å². The Kier molecular flexibility index (Phi) is 4.82. The van der Waals surface area contributed by atoms with Gasteiger partial charge in [-0.1, -0.05) is 17.2 Å². The number of hydrogen-bond donors (Lipinski definition) is 2. The number of allylic oxidation sites excluding steroid dienone is 1. The number of carbonyl (C=O) groups excluding carboxylic acids is 1. The molecule has 2 N–H and O–H groups in total. The number of rotatable bonds is 5. The van der Waals surface area contributed by atoms with E-state index in [1.807, 2.05) is 56.5 Å². The molecular formula is C19H20N6O2S. The summed E-state index contributed by atoms with van der Waals surface area (Å²) in [6, 6.07) is 9.02. The Morgan fingerprint density at radius 3 is 2.89 bits per heavy atom. The fourth-order valence-corrected chi connectivity index (χ4v) is 4.27. The normalized spacial score (nSPS) is 15.8. The Morgan fingerprint density at radius 1 is 1.32 bits per heavy atom. The fourth-order valence-electron chi connectivity index (χ4n) is 3.25. The van der Waals surface area contributed by atoms with Crippen molar-refractivity contribution in [2.45, 2.75) is 26.8 Å². The maximum atomic E-state index is 13.3. The molecule has 0 saturated carbocycles. The van der Waals surface area contributed by atoms with E-state index < -0.39 is 6.04 Å². The molecule has 9 heteroatoms. The van der Waals surface area contributed by atoms with Crippen molar-refractivity contribution >= 4 is 28.9 Å². The summed E-state index contributed by atoms with van der Waals surface area (Å²) >= 11 is 1.58. The molecule has 3 heterocycles. The largest absolute Gasteiger partial charge is 0.492 e. The highest BCUT2D eigenvalue weighted by atomic mass is 32.1. The number of para-hydroxylation sites is 2. The predicted molar refractivity (Wildman–Crippen MR) is 108 cm³/mol. The van der Waals surface area contributed by atoms with Crippen LogP contribution in [0.3, 0.4) is 0 Å². The Morgan fingerprint density at radius 2 is 2.14 bits per heavy atom. The van der Waals surface area contributed by atoms with Gasteiger partial charge in [-0.3, -0.25) is 4.79 Å². The summed E-state index contributed by atoms with van der Waals surface area (Å²) < 4.78 is 7.28. The highest BCUT2D eigenvalue weighted by Gasteiger charge is 2.35. The zero-order valence-electron chi connectivity index (χ0n) is 15.8. The second kappa shape index (κ2) is 7.43. The maximum absolute atomic E-state index is 13.3. The van der Waals surface area contributed by atoms with Crippen molar-refractivity contribution in [1.82, 2.24) is 20.2 Å². The summed E-state index contributed by atoms with van der Waals surface area (Å²) in [5, 5.41) is 20.0. The number of thiophene rings is 1. The summed E-state index contributed by atoms with van der Waals surface area (Å²) in [6.45, 7) is 6.30. The van der Waals surface area contributed by atoms with Crippen molar-refractivity contribution in [3.63, 3.8) is 0 Å². The van der Waals surface area contributed by atoms with Crippen LogP contribution >= 0.6 is 11.3 Å². The molecule has 4 rings (SSSR count). The van der Waals surface area contributed by atoms with Gasteiger partial charge in [0.15, 0.2) is 0 Å². The Hall–Kier alpha value is -3.20. The van der Waals surface area contributed by atoms with Crippen LogP contribution in [0, 0.1) is 6.92 Å². The van der Waals surface area contributed by atoms with Crippen LogP contribution < -0.4 is 15.4 Å². The molecule has 1 atom stereocenters. The molecule has 28 heavy (non-hydrogen) atoms. The molecule has 0 bridgehead atoms. The van der Waals surface area contributed by atoms with Gasteiger partial charge in [0.1, 0.15) is 11.8 Å². The number of ether oxygens (including phenoxy) is 1. The first kappa shape index (κ1) is 18.2. The second-order valence-corrected chi connectivity index (χ2v) is 7.31. The number of benzene rings is 1. The van der Waals surface area contributed by atoms with Gasteiger partial charge in [-0.2, -0.15) is 4.68 Å². The predicted octanol–water partition coefficient (Wildman–Crippen LogP) is 3.37. The molecule has 0 fully saturated rings. The minimum absolute atomic E-state index is 0.226. The summed E-state index contributed by atoms with van der Waals surface area (Å²) in [6.07, 6.45) is 0. The van der Waals surface area contributed by atoms with Gasteiger partial charge in [-0.25, -0.2) is 0 Å². The molecule has 2 aromatic heterocycles. The fraction of sp³-hybridized carbons (Fsp3) is 0.263. The summed E-state index contributed by atoms with van der Waals surface area (Å²) in [5.74, 6) is 0.921. The summed E-state index contributed by atoms with van der Waals surface area (Å²) in [7, 11) is 0. The first-order chi connectivity index (χ1) is 13.6. The third kappa shape index (κ3) is 3.13. The number of fused-ring (bicyclic) bond motifs is 1. The van der Waals surface area contributed by atoms with Crippen molar-refractivity contribution in [2.75, 3.05) is 17.2 Å². The molecule has 0 spiro atoms. The van der Waals surface area contributed by atoms with E-state index in [1.54, 1.807) is 16.0 Å². The van der Waals surface area contributed by atoms with Crippen molar-refractivity contribution in [3.05, 3.63) is 57.4 Å². The van der Waals surface area contributed by atoms with Gasteiger partial charge in [0.25, 0.3) is 5.91 Å². The molecule has 0 aliphatic carbocycles. The van der Waals surface area contributed by atoms with Gasteiger partial charge in [0, 0.05) is 10.6 Å². The second-order valence-electron chi connectivity index (χ2n) is 6.36. The minimum Gasteiger partial charge on any atom is -0.492 e. The van der Waals surface area contributed by atoms with Crippen molar-refractivity contribution in [3.8, 4) is 5.75 Å². The standard InChI is InChI=1S/C19H20N6O2S/c1-4-27-14-8-6-5-7-13(14)21-18(26)15-12(3)20-19-22-23-24-25(19)16(15)17-11(2)9-10-28-17/h5-10,16H,4H2,1-3H3,(H,21,26)(H,20,22,24). The highest BCUT2D eigenvalue weighted by Crippen LogP contribution is 2.39. The topological polar surface area (TPSA) is 94.0 Å². The van der Waals surface area contributed by atoms with Crippen LogP contribution in [0.25, 0.3) is 0 Å². The van der Waals surface area contributed by atoms with E-state index in [1.165, 1.54) is 0 Å². The number of tetrazole rings is 1. The molecule has 3 aromatic rings. The molecule has 8 nitrogen and oxygen atoms in total. The van der Waals surface area contributed by atoms with Crippen molar-refractivity contribution in [1.29, 1.82) is 0 Å². The van der Waals surface area contributed by atoms with Gasteiger partial charge >= 0.3 is 0 Å². The average molecular weight is 396 g/mol. The van der Waals surface area contributed by atoms with E-state index in [0.29, 0.717) is 35.3 Å². The average Bonchev–Trinajstić information content (AvgIpc) is 3.31. The number of aryl methyl sites for hydroxylation is 1. The molecule has 0 saturated heterocycles. The van der Waals surface area contributed by atoms with Crippen LogP contribution in [0.4, 0.5) is 11.6 Å². The highest BCUT2D eigenvalue weighted by molar-refractivity contribution is 7.10. The Balaban J connectivity index is 1.74. The van der Waals surface area contributed by atoms with Gasteiger partial charge in [-0.05, 0) is 60.3 Å².